The molecule has 2 heterocycles. The Morgan fingerprint density at radius 3 is 2.52 bits per heavy atom. The van der Waals surface area contributed by atoms with Crippen LogP contribution in [0.25, 0.3) is 0 Å². The molecule has 33 heavy (non-hydrogen) atoms. The quantitative estimate of drug-likeness (QED) is 0.511. The van der Waals surface area contributed by atoms with Crippen molar-refractivity contribution >= 4 is 17.4 Å². The number of carbonyl (C=O) groups is 1. The molecule has 3 N–H and O–H groups in total. The van der Waals surface area contributed by atoms with Gasteiger partial charge in [0, 0.05) is 48.2 Å². The summed E-state index contributed by atoms with van der Waals surface area (Å²) in [4.78, 5) is 15.1. The number of hydrogen-bond donors (Lipinski definition) is 3. The van der Waals surface area contributed by atoms with Crippen LogP contribution < -0.4 is 20.3 Å². The van der Waals surface area contributed by atoms with Crippen molar-refractivity contribution < 1.29 is 9.53 Å². The first-order valence-electron chi connectivity index (χ1n) is 11.5. The second-order valence-corrected chi connectivity index (χ2v) is 9.01. The van der Waals surface area contributed by atoms with Gasteiger partial charge in [-0.05, 0) is 81.1 Å². The molecule has 7 nitrogen and oxygen atoms in total. The summed E-state index contributed by atoms with van der Waals surface area (Å²) in [6.07, 6.45) is 1.66. The lowest BCUT2D eigenvalue weighted by molar-refractivity contribution is 0.102. The molecule has 0 bridgehead atoms. The van der Waals surface area contributed by atoms with Crippen LogP contribution in [0.1, 0.15) is 41.0 Å². The van der Waals surface area contributed by atoms with E-state index >= 15 is 0 Å². The van der Waals surface area contributed by atoms with Crippen molar-refractivity contribution in [1.29, 1.82) is 0 Å². The molecule has 0 saturated carbocycles. The third-order valence-corrected chi connectivity index (χ3v) is 5.95. The summed E-state index contributed by atoms with van der Waals surface area (Å²) in [6.45, 7) is 8.37. The Kier molecular flexibility index (Phi) is 6.99. The lowest BCUT2D eigenvalue weighted by Gasteiger charge is -2.37. The van der Waals surface area contributed by atoms with Gasteiger partial charge in [0.25, 0.3) is 5.91 Å². The van der Waals surface area contributed by atoms with Gasteiger partial charge < -0.3 is 20.3 Å². The molecule has 7 heteroatoms. The van der Waals surface area contributed by atoms with E-state index in [0.717, 1.165) is 43.1 Å². The molecule has 2 atom stereocenters. The predicted molar refractivity (Wildman–Crippen MR) is 132 cm³/mol. The second kappa shape index (κ2) is 10.1. The van der Waals surface area contributed by atoms with Crippen molar-refractivity contribution in [2.24, 2.45) is 0 Å². The van der Waals surface area contributed by atoms with Gasteiger partial charge in [0.05, 0.1) is 7.11 Å². The summed E-state index contributed by atoms with van der Waals surface area (Å²) in [5, 5.41) is 13.7. The van der Waals surface area contributed by atoms with Gasteiger partial charge in [0.2, 0.25) is 0 Å². The number of methoxy groups -OCH3 is 1. The van der Waals surface area contributed by atoms with E-state index in [-0.39, 0.29) is 5.91 Å². The fraction of sp³-hybridized carbons (Fsp3) is 0.385. The first-order valence-corrected chi connectivity index (χ1v) is 11.5. The zero-order valence-corrected chi connectivity index (χ0v) is 19.8. The molecule has 1 aromatic heterocycles. The third kappa shape index (κ3) is 5.93. The highest BCUT2D eigenvalue weighted by molar-refractivity contribution is 6.03. The van der Waals surface area contributed by atoms with Gasteiger partial charge in [0.1, 0.15) is 5.75 Å². The molecule has 1 aliphatic rings. The number of aromatic nitrogens is 2. The van der Waals surface area contributed by atoms with Crippen LogP contribution in [0.15, 0.2) is 48.5 Å². The van der Waals surface area contributed by atoms with Crippen LogP contribution in [0.4, 0.5) is 11.5 Å². The van der Waals surface area contributed by atoms with Crippen molar-refractivity contribution in [2.75, 3.05) is 30.4 Å². The van der Waals surface area contributed by atoms with Gasteiger partial charge in [0.15, 0.2) is 5.82 Å². The van der Waals surface area contributed by atoms with Crippen molar-refractivity contribution in [3.63, 3.8) is 0 Å². The first kappa shape index (κ1) is 22.9. The Balaban J connectivity index is 1.33. The van der Waals surface area contributed by atoms with E-state index in [4.69, 9.17) is 4.74 Å². The maximum absolute atomic E-state index is 12.7. The molecule has 2 aromatic carbocycles. The highest BCUT2D eigenvalue weighted by atomic mass is 16.5. The molecule has 174 valence electrons. The number of carbonyl (C=O) groups excluding carboxylic acids is 1. The highest BCUT2D eigenvalue weighted by Gasteiger charge is 2.21. The van der Waals surface area contributed by atoms with Crippen molar-refractivity contribution in [2.45, 2.75) is 45.7 Å². The minimum absolute atomic E-state index is 0.162. The Hall–Kier alpha value is -3.32. The van der Waals surface area contributed by atoms with Crippen LogP contribution in [0.2, 0.25) is 0 Å². The smallest absolute Gasteiger partial charge is 0.256 e. The van der Waals surface area contributed by atoms with Gasteiger partial charge in [-0.3, -0.25) is 9.89 Å². The zero-order valence-electron chi connectivity index (χ0n) is 19.8. The largest absolute Gasteiger partial charge is 0.497 e. The van der Waals surface area contributed by atoms with Gasteiger partial charge in [-0.2, -0.15) is 5.10 Å². The zero-order chi connectivity index (χ0) is 23.4. The van der Waals surface area contributed by atoms with Crippen molar-refractivity contribution in [3.05, 3.63) is 70.9 Å². The van der Waals surface area contributed by atoms with Crippen LogP contribution in [0.3, 0.4) is 0 Å². The van der Waals surface area contributed by atoms with Crippen LogP contribution >= 0.6 is 0 Å². The molecule has 1 aliphatic heterocycles. The van der Waals surface area contributed by atoms with E-state index in [9.17, 15) is 4.79 Å². The van der Waals surface area contributed by atoms with E-state index in [1.54, 1.807) is 7.11 Å². The summed E-state index contributed by atoms with van der Waals surface area (Å²) < 4.78 is 5.36. The van der Waals surface area contributed by atoms with Gasteiger partial charge in [-0.25, -0.2) is 0 Å². The average Bonchev–Trinajstić information content (AvgIpc) is 3.24. The molecule has 0 radical (unpaired) electrons. The molecule has 0 aliphatic carbocycles. The molecule has 4 rings (SSSR count). The summed E-state index contributed by atoms with van der Waals surface area (Å²) in [6, 6.07) is 16.8. The highest BCUT2D eigenvalue weighted by Crippen LogP contribution is 2.20. The molecular formula is C26H33N5O2. The number of rotatable bonds is 7. The Morgan fingerprint density at radius 1 is 1.09 bits per heavy atom. The lowest BCUT2D eigenvalue weighted by Crippen LogP contribution is -2.54. The number of piperazine rings is 1. The summed E-state index contributed by atoms with van der Waals surface area (Å²) in [7, 11) is 1.68. The number of amides is 1. The van der Waals surface area contributed by atoms with Crippen LogP contribution in [0.5, 0.6) is 5.75 Å². The summed E-state index contributed by atoms with van der Waals surface area (Å²) in [5.41, 5.74) is 5.12. The number of anilines is 2. The number of ether oxygens (including phenoxy) is 1. The number of aryl methyl sites for hydroxylation is 3. The number of nitrogens with one attached hydrogen (secondary N) is 3. The van der Waals surface area contributed by atoms with E-state index in [0.29, 0.717) is 23.5 Å². The molecule has 0 spiro atoms. The minimum atomic E-state index is -0.162. The van der Waals surface area contributed by atoms with Crippen LogP contribution in [0, 0.1) is 6.92 Å². The van der Waals surface area contributed by atoms with Crippen LogP contribution in [-0.4, -0.2) is 48.4 Å². The Morgan fingerprint density at radius 2 is 1.82 bits per heavy atom. The van der Waals surface area contributed by atoms with Gasteiger partial charge >= 0.3 is 0 Å². The summed E-state index contributed by atoms with van der Waals surface area (Å²) in [5.74, 6) is 1.24. The standard InChI is InChI=1S/C26H33N5O2/c1-17-11-20(13-24(12-17)33-4)5-8-22-14-25(30-29-22)28-26(32)21-6-9-23(10-7-21)31-15-18(2)27-19(3)16-31/h6-7,9-14,18-19,27H,5,8,15-16H2,1-4H3,(H2,28,29,30,32). The monoisotopic (exact) mass is 447 g/mol. The van der Waals surface area contributed by atoms with E-state index in [1.807, 2.05) is 36.4 Å². The Labute approximate surface area is 195 Å². The molecule has 1 fully saturated rings. The maximum atomic E-state index is 12.7. The Bertz CT molecular complexity index is 1080. The topological polar surface area (TPSA) is 82.3 Å². The predicted octanol–water partition coefficient (Wildman–Crippen LogP) is 3.95. The minimum Gasteiger partial charge on any atom is -0.497 e. The summed E-state index contributed by atoms with van der Waals surface area (Å²) >= 11 is 0. The van der Waals surface area contributed by atoms with E-state index in [1.165, 1.54) is 11.1 Å². The van der Waals surface area contributed by atoms with Crippen LogP contribution in [-0.2, 0) is 12.8 Å². The van der Waals surface area contributed by atoms with Gasteiger partial charge in [-0.15, -0.1) is 0 Å². The van der Waals surface area contributed by atoms with E-state index in [2.05, 4.69) is 58.6 Å². The maximum Gasteiger partial charge on any atom is 0.256 e. The molecule has 1 saturated heterocycles. The van der Waals surface area contributed by atoms with Crippen molar-refractivity contribution in [3.8, 4) is 5.75 Å². The SMILES string of the molecule is COc1cc(C)cc(CCc2cc(NC(=O)c3ccc(N4CC(C)NC(C)C4)cc3)n[nH]2)c1. The lowest BCUT2D eigenvalue weighted by atomic mass is 10.1. The normalized spacial score (nSPS) is 18.2. The fourth-order valence-electron chi connectivity index (χ4n) is 4.47. The van der Waals surface area contributed by atoms with Crippen molar-refractivity contribution in [1.82, 2.24) is 15.5 Å². The number of H-pyrrole nitrogens is 1. The molecule has 2 unspecified atom stereocenters. The molecular weight excluding hydrogens is 414 g/mol. The van der Waals surface area contributed by atoms with Gasteiger partial charge in [-0.1, -0.05) is 6.07 Å². The first-order chi connectivity index (χ1) is 15.9. The second-order valence-electron chi connectivity index (χ2n) is 9.01. The number of benzene rings is 2. The van der Waals surface area contributed by atoms with E-state index < -0.39 is 0 Å². The number of aromatic amines is 1. The average molecular weight is 448 g/mol. The molecule has 1 amide bonds. The number of hydrogen-bond acceptors (Lipinski definition) is 5. The molecule has 3 aromatic rings. The number of nitrogens with zero attached hydrogens (tertiary/aromatic N) is 2. The third-order valence-electron chi connectivity index (χ3n) is 5.95. The fourth-order valence-corrected chi connectivity index (χ4v) is 4.47.